The minimum atomic E-state index is -2.04. The lowest BCUT2D eigenvalue weighted by molar-refractivity contribution is -0.463. The Morgan fingerprint density at radius 1 is 1.03 bits per heavy atom. The van der Waals surface area contributed by atoms with Crippen LogP contribution in [-0.2, 0) is 14.2 Å². The summed E-state index contributed by atoms with van der Waals surface area (Å²) < 4.78 is 17.5. The smallest absolute Gasteiger partial charge is 0.201 e. The average Bonchev–Trinajstić information content (AvgIpc) is 3.07. The van der Waals surface area contributed by atoms with E-state index >= 15 is 0 Å². The van der Waals surface area contributed by atoms with E-state index in [2.05, 4.69) is 6.58 Å². The van der Waals surface area contributed by atoms with Crippen molar-refractivity contribution in [1.82, 2.24) is 0 Å². The van der Waals surface area contributed by atoms with Crippen LogP contribution in [0.2, 0.25) is 0 Å². The third-order valence-corrected chi connectivity index (χ3v) is 11.4. The Kier molecular flexibility index (Phi) is 6.02. The molecule has 0 aromatic carbocycles. The van der Waals surface area contributed by atoms with Gasteiger partial charge in [0.2, 0.25) is 5.79 Å². The van der Waals surface area contributed by atoms with E-state index < -0.39 is 83.6 Å². The van der Waals surface area contributed by atoms with Crippen LogP contribution < -0.4 is 0 Å². The van der Waals surface area contributed by atoms with Crippen molar-refractivity contribution in [2.75, 3.05) is 19.8 Å². The molecule has 3 saturated heterocycles. The van der Waals surface area contributed by atoms with Gasteiger partial charge >= 0.3 is 0 Å². The molecule has 7 rings (SSSR count). The highest BCUT2D eigenvalue weighted by Gasteiger charge is 2.83. The van der Waals surface area contributed by atoms with Gasteiger partial charge in [0.25, 0.3) is 0 Å². The Morgan fingerprint density at radius 3 is 2.46 bits per heavy atom. The molecule has 11 nitrogen and oxygen atoms in total. The molecular weight excluding hydrogens is 488 g/mol. The summed E-state index contributed by atoms with van der Waals surface area (Å²) in [5.41, 5.74) is -2.17. The Balaban J connectivity index is 1.35. The van der Waals surface area contributed by atoms with Crippen molar-refractivity contribution in [3.05, 3.63) is 12.2 Å². The number of ether oxygens (including phenoxy) is 3. The van der Waals surface area contributed by atoms with Crippen LogP contribution in [0.15, 0.2) is 12.2 Å². The molecule has 2 spiro atoms. The summed E-state index contributed by atoms with van der Waals surface area (Å²) in [5.74, 6) is -2.82. The molecule has 0 aromatic rings. The lowest BCUT2D eigenvalue weighted by Crippen LogP contribution is -2.83. The standard InChI is InChI=1S/C26H40O11/c1-11-12-3-4-14-24-6-5-15(28)23(2,9-35-22-18(31)17(30)16(29)13(8-27)37-22)19(24)21(33)26(34,36-10-24)25(14,7-12)20(11)32/h12-22,27-34H,1,3-10H2,2H3/t12-,13-,14+,15+,16-,17+,18-,19-,20-,21+,22-,23-,24-,25+,26-/m1/s1. The van der Waals surface area contributed by atoms with E-state index in [0.29, 0.717) is 24.8 Å². The van der Waals surface area contributed by atoms with Crippen molar-refractivity contribution in [1.29, 1.82) is 0 Å². The van der Waals surface area contributed by atoms with Gasteiger partial charge in [0.1, 0.15) is 30.5 Å². The Labute approximate surface area is 215 Å². The maximum absolute atomic E-state index is 12.0. The van der Waals surface area contributed by atoms with E-state index in [1.165, 1.54) is 0 Å². The molecule has 210 valence electrons. The van der Waals surface area contributed by atoms with Crippen LogP contribution in [-0.4, -0.2) is 115 Å². The molecule has 4 aliphatic carbocycles. The van der Waals surface area contributed by atoms with E-state index in [-0.39, 0.29) is 25.0 Å². The molecule has 3 heterocycles. The van der Waals surface area contributed by atoms with Gasteiger partial charge in [-0.15, -0.1) is 0 Å². The second-order valence-corrected chi connectivity index (χ2v) is 12.8. The van der Waals surface area contributed by atoms with Crippen molar-refractivity contribution >= 4 is 0 Å². The summed E-state index contributed by atoms with van der Waals surface area (Å²) in [6.45, 7) is 5.24. The summed E-state index contributed by atoms with van der Waals surface area (Å²) in [5, 5.41) is 86.8. The molecule has 0 aromatic heterocycles. The topological polar surface area (TPSA) is 190 Å². The van der Waals surface area contributed by atoms with E-state index in [0.717, 1.165) is 12.8 Å². The van der Waals surface area contributed by atoms with Crippen molar-refractivity contribution in [2.24, 2.45) is 34.0 Å². The molecule has 0 unspecified atom stereocenters. The second kappa shape index (κ2) is 8.40. The molecule has 15 atom stereocenters. The highest BCUT2D eigenvalue weighted by Crippen LogP contribution is 2.77. The van der Waals surface area contributed by atoms with Crippen LogP contribution >= 0.6 is 0 Å². The van der Waals surface area contributed by atoms with Gasteiger partial charge < -0.3 is 55.1 Å². The van der Waals surface area contributed by atoms with Gasteiger partial charge in [-0.05, 0) is 49.5 Å². The van der Waals surface area contributed by atoms with Gasteiger partial charge in [-0.1, -0.05) is 13.5 Å². The lowest BCUT2D eigenvalue weighted by atomic mass is 9.36. The van der Waals surface area contributed by atoms with Crippen LogP contribution in [0.25, 0.3) is 0 Å². The van der Waals surface area contributed by atoms with Crippen LogP contribution in [0, 0.1) is 34.0 Å². The zero-order valence-electron chi connectivity index (χ0n) is 21.0. The van der Waals surface area contributed by atoms with E-state index in [4.69, 9.17) is 14.2 Å². The number of hydrogen-bond acceptors (Lipinski definition) is 11. The van der Waals surface area contributed by atoms with Crippen molar-refractivity contribution in [3.8, 4) is 0 Å². The fourth-order valence-corrected chi connectivity index (χ4v) is 9.54. The van der Waals surface area contributed by atoms with Gasteiger partial charge in [-0.2, -0.15) is 0 Å². The van der Waals surface area contributed by atoms with Gasteiger partial charge in [-0.25, -0.2) is 0 Å². The van der Waals surface area contributed by atoms with Crippen LogP contribution in [0.4, 0.5) is 0 Å². The van der Waals surface area contributed by atoms with Gasteiger partial charge in [0.15, 0.2) is 6.29 Å². The number of aliphatic hydroxyl groups is 8. The summed E-state index contributed by atoms with van der Waals surface area (Å²) in [7, 11) is 0. The minimum Gasteiger partial charge on any atom is -0.394 e. The first-order valence-corrected chi connectivity index (χ1v) is 13.4. The lowest BCUT2D eigenvalue weighted by Gasteiger charge is -2.75. The maximum atomic E-state index is 12.0. The van der Waals surface area contributed by atoms with Crippen LogP contribution in [0.3, 0.4) is 0 Å². The van der Waals surface area contributed by atoms with E-state index in [9.17, 15) is 40.9 Å². The fraction of sp³-hybridized carbons (Fsp3) is 0.923. The first kappa shape index (κ1) is 26.5. The zero-order valence-corrected chi connectivity index (χ0v) is 21.0. The molecule has 0 amide bonds. The molecule has 0 radical (unpaired) electrons. The van der Waals surface area contributed by atoms with Gasteiger partial charge in [0.05, 0.1) is 37.4 Å². The Hall–Kier alpha value is -0.700. The third kappa shape index (κ3) is 3.05. The SMILES string of the molecule is C=C1[C@@H]2CC[C@H]3[C@]45CC[C@H](O)[C@@](C)(CO[C@@H]6O[C@H](CO)[C@@H](O)[C@H](O)[C@H]6O)[C@H]4[C@H](O)[C@@](O)(OC5)[C@]3(C2)[C@@H]1O. The van der Waals surface area contributed by atoms with Gasteiger partial charge in [0, 0.05) is 16.7 Å². The minimum absolute atomic E-state index is 0.0513. The molecule has 3 aliphatic heterocycles. The quantitative estimate of drug-likeness (QED) is 0.188. The highest BCUT2D eigenvalue weighted by atomic mass is 16.7. The molecule has 8 N–H and O–H groups in total. The third-order valence-electron chi connectivity index (χ3n) is 11.4. The molecular formula is C26H40O11. The number of aliphatic hydroxyl groups excluding tert-OH is 7. The van der Waals surface area contributed by atoms with Crippen LogP contribution in [0.5, 0.6) is 0 Å². The average molecular weight is 529 g/mol. The summed E-state index contributed by atoms with van der Waals surface area (Å²) >= 11 is 0. The van der Waals surface area contributed by atoms with Crippen molar-refractivity contribution in [2.45, 2.75) is 93.8 Å². The van der Waals surface area contributed by atoms with E-state index in [1.807, 2.05) is 0 Å². The largest absolute Gasteiger partial charge is 0.394 e. The Morgan fingerprint density at radius 2 is 1.76 bits per heavy atom. The van der Waals surface area contributed by atoms with E-state index in [1.54, 1.807) is 6.92 Å². The first-order valence-electron chi connectivity index (χ1n) is 13.4. The first-order chi connectivity index (χ1) is 17.4. The normalized spacial score (nSPS) is 60.8. The van der Waals surface area contributed by atoms with Crippen molar-refractivity contribution < 1.29 is 55.1 Å². The number of hydrogen-bond donors (Lipinski definition) is 8. The summed E-state index contributed by atoms with van der Waals surface area (Å²) in [6.07, 6.45) is -7.68. The molecule has 4 saturated carbocycles. The molecule has 11 heteroatoms. The predicted molar refractivity (Wildman–Crippen MR) is 124 cm³/mol. The van der Waals surface area contributed by atoms with Crippen molar-refractivity contribution in [3.63, 3.8) is 0 Å². The zero-order chi connectivity index (χ0) is 26.7. The molecule has 37 heavy (non-hydrogen) atoms. The monoisotopic (exact) mass is 528 g/mol. The Bertz CT molecular complexity index is 941. The predicted octanol–water partition coefficient (Wildman–Crippen LogP) is -2.01. The van der Waals surface area contributed by atoms with Gasteiger partial charge in [-0.3, -0.25) is 0 Å². The highest BCUT2D eigenvalue weighted by molar-refractivity contribution is 5.34. The number of rotatable bonds is 4. The second-order valence-electron chi connectivity index (χ2n) is 12.8. The number of fused-ring (bicyclic) bond motifs is 2. The molecule has 7 aliphatic rings. The molecule has 7 fully saturated rings. The molecule has 4 bridgehead atoms. The summed E-state index contributed by atoms with van der Waals surface area (Å²) in [4.78, 5) is 0. The fourth-order valence-electron chi connectivity index (χ4n) is 9.54. The summed E-state index contributed by atoms with van der Waals surface area (Å²) in [6, 6.07) is 0. The maximum Gasteiger partial charge on any atom is 0.201 e. The van der Waals surface area contributed by atoms with Crippen LogP contribution in [0.1, 0.15) is 39.0 Å².